The number of unbranched alkanes of at least 4 members (excludes halogenated alkanes) is 8. The monoisotopic (exact) mass is 434 g/mol. The minimum Gasteiger partial charge on any atom is -0.457 e. The normalized spacial score (nSPS) is 18.1. The average molecular weight is 435 g/mol. The smallest absolute Gasteiger partial charge is 0.309 e. The lowest BCUT2D eigenvalue weighted by Crippen LogP contribution is -2.06. The first-order chi connectivity index (χ1) is 15.7. The van der Waals surface area contributed by atoms with Crippen molar-refractivity contribution >= 4 is 5.97 Å². The molecule has 0 bridgehead atoms. The van der Waals surface area contributed by atoms with Crippen molar-refractivity contribution in [1.29, 1.82) is 0 Å². The molecule has 32 heavy (non-hydrogen) atoms. The number of carbonyl (C=O) groups is 1. The van der Waals surface area contributed by atoms with Crippen LogP contribution in [0.15, 0.2) is 48.5 Å². The molecule has 2 aromatic rings. The lowest BCUT2D eigenvalue weighted by atomic mass is 9.94. The molecule has 174 valence electrons. The van der Waals surface area contributed by atoms with Crippen LogP contribution in [0.4, 0.5) is 0 Å². The largest absolute Gasteiger partial charge is 0.457 e. The summed E-state index contributed by atoms with van der Waals surface area (Å²) in [7, 11) is 0. The molecule has 0 aromatic heterocycles. The summed E-state index contributed by atoms with van der Waals surface area (Å²) in [6.45, 7) is 4.48. The molecule has 0 aliphatic carbocycles. The third kappa shape index (κ3) is 7.50. The average Bonchev–Trinajstić information content (AvgIpc) is 3.20. The van der Waals surface area contributed by atoms with Gasteiger partial charge in [0.05, 0.1) is 5.92 Å². The van der Waals surface area contributed by atoms with Crippen molar-refractivity contribution in [3.8, 4) is 11.1 Å². The highest BCUT2D eigenvalue weighted by Gasteiger charge is 2.34. The van der Waals surface area contributed by atoms with Crippen LogP contribution in [0.2, 0.25) is 0 Å². The van der Waals surface area contributed by atoms with Crippen LogP contribution in [0.3, 0.4) is 0 Å². The van der Waals surface area contributed by atoms with E-state index >= 15 is 0 Å². The van der Waals surface area contributed by atoms with E-state index in [2.05, 4.69) is 62.4 Å². The molecular formula is C30H42O2. The number of esters is 1. The van der Waals surface area contributed by atoms with E-state index in [1.165, 1.54) is 80.9 Å². The third-order valence-electron chi connectivity index (χ3n) is 6.89. The maximum atomic E-state index is 12.3. The zero-order chi connectivity index (χ0) is 22.6. The second-order valence-electron chi connectivity index (χ2n) is 9.54. The van der Waals surface area contributed by atoms with Gasteiger partial charge in [-0.1, -0.05) is 120 Å². The Balaban J connectivity index is 1.47. The third-order valence-corrected chi connectivity index (χ3v) is 6.89. The zero-order valence-electron chi connectivity index (χ0n) is 20.3. The van der Waals surface area contributed by atoms with Crippen LogP contribution < -0.4 is 0 Å². The first-order valence-electron chi connectivity index (χ1n) is 13.1. The second kappa shape index (κ2) is 13.5. The molecule has 1 heterocycles. The number of hydrogen-bond donors (Lipinski definition) is 0. The van der Waals surface area contributed by atoms with Gasteiger partial charge in [-0.2, -0.15) is 0 Å². The molecule has 2 nitrogen and oxygen atoms in total. The highest BCUT2D eigenvalue weighted by molar-refractivity contribution is 5.75. The molecule has 3 rings (SSSR count). The van der Waals surface area contributed by atoms with E-state index in [0.717, 1.165) is 24.8 Å². The van der Waals surface area contributed by atoms with Crippen molar-refractivity contribution in [3.63, 3.8) is 0 Å². The lowest BCUT2D eigenvalue weighted by molar-refractivity contribution is -0.144. The predicted octanol–water partition coefficient (Wildman–Crippen LogP) is 8.83. The summed E-state index contributed by atoms with van der Waals surface area (Å²) < 4.78 is 5.71. The lowest BCUT2D eigenvalue weighted by Gasteiger charge is -2.11. The van der Waals surface area contributed by atoms with Gasteiger partial charge in [-0.15, -0.1) is 0 Å². The topological polar surface area (TPSA) is 26.3 Å². The standard InChI is InChI=1S/C30H42O2/c1-3-5-7-9-10-11-13-24-15-17-25(18-16-24)26-19-21-27(22-20-26)29-23-28(30(31)32-29)14-12-8-6-4-2/h15-22,28-29H,3-14,23H2,1-2H3. The van der Waals surface area contributed by atoms with Crippen LogP contribution in [0.25, 0.3) is 11.1 Å². The van der Waals surface area contributed by atoms with E-state index < -0.39 is 0 Å². The van der Waals surface area contributed by atoms with Crippen molar-refractivity contribution in [2.24, 2.45) is 5.92 Å². The van der Waals surface area contributed by atoms with Crippen LogP contribution >= 0.6 is 0 Å². The van der Waals surface area contributed by atoms with Gasteiger partial charge in [0.25, 0.3) is 0 Å². The number of ether oxygens (including phenoxy) is 1. The molecule has 1 fully saturated rings. The molecular weight excluding hydrogens is 392 g/mol. The zero-order valence-corrected chi connectivity index (χ0v) is 20.3. The predicted molar refractivity (Wildman–Crippen MR) is 135 cm³/mol. The number of carbonyl (C=O) groups excluding carboxylic acids is 1. The Labute approximate surface area is 195 Å². The van der Waals surface area contributed by atoms with Crippen molar-refractivity contribution < 1.29 is 9.53 Å². The molecule has 0 spiro atoms. The molecule has 1 saturated heterocycles. The second-order valence-corrected chi connectivity index (χ2v) is 9.54. The minimum atomic E-state index is -0.0765. The van der Waals surface area contributed by atoms with Gasteiger partial charge in [0, 0.05) is 6.42 Å². The van der Waals surface area contributed by atoms with E-state index in [1.807, 2.05) is 0 Å². The Hall–Kier alpha value is -2.09. The number of hydrogen-bond acceptors (Lipinski definition) is 2. The van der Waals surface area contributed by atoms with E-state index in [9.17, 15) is 4.79 Å². The summed E-state index contributed by atoms with van der Waals surface area (Å²) in [4.78, 5) is 12.3. The number of benzene rings is 2. The number of cyclic esters (lactones) is 1. The van der Waals surface area contributed by atoms with Crippen molar-refractivity contribution in [2.75, 3.05) is 0 Å². The van der Waals surface area contributed by atoms with E-state index in [-0.39, 0.29) is 18.0 Å². The fourth-order valence-electron chi connectivity index (χ4n) is 4.76. The van der Waals surface area contributed by atoms with Crippen LogP contribution in [0.1, 0.15) is 108 Å². The quantitative estimate of drug-likeness (QED) is 0.219. The summed E-state index contributed by atoms with van der Waals surface area (Å²) in [5.41, 5.74) is 5.03. The Morgan fingerprint density at radius 2 is 1.28 bits per heavy atom. The van der Waals surface area contributed by atoms with Gasteiger partial charge in [0.15, 0.2) is 0 Å². The highest BCUT2D eigenvalue weighted by atomic mass is 16.5. The first-order valence-corrected chi connectivity index (χ1v) is 13.1. The fraction of sp³-hybridized carbons (Fsp3) is 0.567. The minimum absolute atomic E-state index is 0.00322. The number of rotatable bonds is 14. The fourth-order valence-corrected chi connectivity index (χ4v) is 4.76. The van der Waals surface area contributed by atoms with Gasteiger partial charge in [0.2, 0.25) is 0 Å². The summed E-state index contributed by atoms with van der Waals surface area (Å²) in [5.74, 6) is 0.0762. The first kappa shape index (κ1) is 24.6. The Bertz CT molecular complexity index is 791. The van der Waals surface area contributed by atoms with Crippen LogP contribution in [0, 0.1) is 5.92 Å². The SMILES string of the molecule is CCCCCCCCc1ccc(-c2ccc(C3CC(CCCCCC)C(=O)O3)cc2)cc1. The van der Waals surface area contributed by atoms with Gasteiger partial charge in [-0.05, 0) is 41.5 Å². The van der Waals surface area contributed by atoms with E-state index in [0.29, 0.717) is 0 Å². The summed E-state index contributed by atoms with van der Waals surface area (Å²) in [6, 6.07) is 17.6. The molecule has 2 unspecified atom stereocenters. The molecule has 2 aromatic carbocycles. The molecule has 0 N–H and O–H groups in total. The summed E-state index contributed by atoms with van der Waals surface area (Å²) >= 11 is 0. The van der Waals surface area contributed by atoms with Gasteiger partial charge < -0.3 is 4.74 Å². The van der Waals surface area contributed by atoms with E-state index in [1.54, 1.807) is 0 Å². The molecule has 0 radical (unpaired) electrons. The molecule has 0 amide bonds. The highest BCUT2D eigenvalue weighted by Crippen LogP contribution is 2.36. The maximum absolute atomic E-state index is 12.3. The van der Waals surface area contributed by atoms with Crippen LogP contribution in [-0.2, 0) is 16.0 Å². The Kier molecular flexibility index (Phi) is 10.3. The molecule has 2 heteroatoms. The number of aryl methyl sites for hydroxylation is 1. The Morgan fingerprint density at radius 3 is 1.94 bits per heavy atom. The molecule has 1 aliphatic heterocycles. The van der Waals surface area contributed by atoms with Gasteiger partial charge >= 0.3 is 5.97 Å². The Morgan fingerprint density at radius 1 is 0.719 bits per heavy atom. The summed E-state index contributed by atoms with van der Waals surface area (Å²) in [6.07, 6.45) is 15.8. The van der Waals surface area contributed by atoms with Gasteiger partial charge in [-0.3, -0.25) is 4.79 Å². The van der Waals surface area contributed by atoms with Crippen molar-refractivity contribution in [1.82, 2.24) is 0 Å². The van der Waals surface area contributed by atoms with Crippen LogP contribution in [0.5, 0.6) is 0 Å². The van der Waals surface area contributed by atoms with Crippen LogP contribution in [-0.4, -0.2) is 5.97 Å². The summed E-state index contributed by atoms with van der Waals surface area (Å²) in [5, 5.41) is 0. The molecule has 2 atom stereocenters. The molecule has 0 saturated carbocycles. The van der Waals surface area contributed by atoms with Gasteiger partial charge in [0.1, 0.15) is 6.10 Å². The van der Waals surface area contributed by atoms with Crippen molar-refractivity contribution in [3.05, 3.63) is 59.7 Å². The maximum Gasteiger partial charge on any atom is 0.309 e. The molecule has 1 aliphatic rings. The van der Waals surface area contributed by atoms with Gasteiger partial charge in [-0.25, -0.2) is 0 Å². The van der Waals surface area contributed by atoms with Crippen molar-refractivity contribution in [2.45, 2.75) is 103 Å². The van der Waals surface area contributed by atoms with E-state index in [4.69, 9.17) is 4.74 Å².